The predicted octanol–water partition coefficient (Wildman–Crippen LogP) is 2.18. The molecule has 18 heavy (non-hydrogen) atoms. The summed E-state index contributed by atoms with van der Waals surface area (Å²) in [5.74, 6) is 0. The van der Waals surface area contributed by atoms with Crippen LogP contribution < -0.4 is 0 Å². The fourth-order valence-electron chi connectivity index (χ4n) is 1.84. The summed E-state index contributed by atoms with van der Waals surface area (Å²) in [6.07, 6.45) is 1.62. The summed E-state index contributed by atoms with van der Waals surface area (Å²) < 4.78 is 1.63. The van der Waals surface area contributed by atoms with Crippen LogP contribution in [0, 0.1) is 28.4 Å². The largest absolute Gasteiger partial charge is 0.273 e. The molecule has 0 N–H and O–H groups in total. The molecule has 0 fully saturated rings. The fraction of sp³-hybridized carbons (Fsp3) is 0.167. The highest BCUT2D eigenvalue weighted by molar-refractivity contribution is 5.71. The minimum absolute atomic E-state index is 0.0440. The molecule has 0 amide bonds. The highest BCUT2D eigenvalue weighted by atomic mass is 16.6. The molecule has 0 atom stereocenters. The molecule has 0 saturated carbocycles. The van der Waals surface area contributed by atoms with Crippen molar-refractivity contribution in [3.63, 3.8) is 0 Å². The van der Waals surface area contributed by atoms with Crippen molar-refractivity contribution < 1.29 is 4.92 Å². The average Bonchev–Trinajstić information content (AvgIpc) is 2.74. The van der Waals surface area contributed by atoms with Crippen LogP contribution in [0.2, 0.25) is 0 Å². The summed E-state index contributed by atoms with van der Waals surface area (Å²) in [4.78, 5) is 10.4. The van der Waals surface area contributed by atoms with Gasteiger partial charge in [0.25, 0.3) is 5.69 Å². The normalized spacial score (nSPS) is 10.1. The molecule has 6 heteroatoms. The standard InChI is InChI=1S/C12H10N4O2/c1-8-5-10(11-3-4-14-15(11)2)9(7-13)6-12(8)16(17)18/h3-6H,1-2H3. The predicted molar refractivity (Wildman–Crippen MR) is 64.8 cm³/mol. The lowest BCUT2D eigenvalue weighted by Crippen LogP contribution is -1.98. The first-order valence-electron chi connectivity index (χ1n) is 5.22. The molecule has 6 nitrogen and oxygen atoms in total. The summed E-state index contributed by atoms with van der Waals surface area (Å²) in [7, 11) is 1.76. The third kappa shape index (κ3) is 1.82. The van der Waals surface area contributed by atoms with Gasteiger partial charge in [-0.15, -0.1) is 0 Å². The van der Waals surface area contributed by atoms with Crippen LogP contribution in [-0.4, -0.2) is 14.7 Å². The van der Waals surface area contributed by atoms with Crippen molar-refractivity contribution in [1.29, 1.82) is 5.26 Å². The Morgan fingerprint density at radius 1 is 1.50 bits per heavy atom. The Morgan fingerprint density at radius 2 is 2.22 bits per heavy atom. The molecular weight excluding hydrogens is 232 g/mol. The van der Waals surface area contributed by atoms with E-state index >= 15 is 0 Å². The van der Waals surface area contributed by atoms with Gasteiger partial charge < -0.3 is 0 Å². The first-order valence-corrected chi connectivity index (χ1v) is 5.22. The molecule has 2 aromatic rings. The van der Waals surface area contributed by atoms with Gasteiger partial charge in [0, 0.05) is 30.4 Å². The van der Waals surface area contributed by atoms with Crippen molar-refractivity contribution in [2.24, 2.45) is 7.05 Å². The van der Waals surface area contributed by atoms with E-state index in [1.165, 1.54) is 6.07 Å². The summed E-state index contributed by atoms with van der Waals surface area (Å²) in [6, 6.07) is 6.70. The Hall–Kier alpha value is -2.68. The lowest BCUT2D eigenvalue weighted by Gasteiger charge is -2.06. The monoisotopic (exact) mass is 242 g/mol. The Morgan fingerprint density at radius 3 is 2.72 bits per heavy atom. The summed E-state index contributed by atoms with van der Waals surface area (Å²) in [5.41, 5.74) is 2.16. The fourth-order valence-corrected chi connectivity index (χ4v) is 1.84. The number of nitro groups is 1. The summed E-state index contributed by atoms with van der Waals surface area (Å²) in [5, 5.41) is 24.0. The lowest BCUT2D eigenvalue weighted by atomic mass is 10.0. The first kappa shape index (κ1) is 11.8. The van der Waals surface area contributed by atoms with Gasteiger partial charge in [0.15, 0.2) is 0 Å². The lowest BCUT2D eigenvalue weighted by molar-refractivity contribution is -0.385. The smallest absolute Gasteiger partial charge is 0.268 e. The number of nitriles is 1. The third-order valence-electron chi connectivity index (χ3n) is 2.75. The average molecular weight is 242 g/mol. The minimum atomic E-state index is -0.483. The van der Waals surface area contributed by atoms with Crippen LogP contribution in [0.3, 0.4) is 0 Å². The van der Waals surface area contributed by atoms with Crippen molar-refractivity contribution in [3.8, 4) is 17.3 Å². The van der Waals surface area contributed by atoms with Gasteiger partial charge in [-0.25, -0.2) is 0 Å². The summed E-state index contributed by atoms with van der Waals surface area (Å²) >= 11 is 0. The third-order valence-corrected chi connectivity index (χ3v) is 2.75. The van der Waals surface area contributed by atoms with Crippen molar-refractivity contribution in [2.45, 2.75) is 6.92 Å². The van der Waals surface area contributed by atoms with E-state index in [2.05, 4.69) is 5.10 Å². The van der Waals surface area contributed by atoms with Crippen LogP contribution in [0.15, 0.2) is 24.4 Å². The molecule has 2 rings (SSSR count). The topological polar surface area (TPSA) is 84.8 Å². The second kappa shape index (κ2) is 4.30. The van der Waals surface area contributed by atoms with Gasteiger partial charge >= 0.3 is 0 Å². The van der Waals surface area contributed by atoms with Crippen LogP contribution in [0.5, 0.6) is 0 Å². The van der Waals surface area contributed by atoms with Crippen molar-refractivity contribution in [3.05, 3.63) is 45.6 Å². The Bertz CT molecular complexity index is 667. The van der Waals surface area contributed by atoms with Gasteiger partial charge in [0.05, 0.1) is 16.2 Å². The van der Waals surface area contributed by atoms with Crippen LogP contribution in [0.1, 0.15) is 11.1 Å². The van der Waals surface area contributed by atoms with Crippen LogP contribution in [-0.2, 0) is 7.05 Å². The van der Waals surface area contributed by atoms with Gasteiger partial charge in [-0.3, -0.25) is 14.8 Å². The maximum atomic E-state index is 10.8. The first-order chi connectivity index (χ1) is 8.54. The molecule has 0 spiro atoms. The molecule has 0 bridgehead atoms. The van der Waals surface area contributed by atoms with E-state index in [1.807, 2.05) is 6.07 Å². The number of nitro benzene ring substituents is 1. The van der Waals surface area contributed by atoms with E-state index < -0.39 is 4.92 Å². The Balaban J connectivity index is 2.71. The molecule has 0 aliphatic heterocycles. The SMILES string of the molecule is Cc1cc(-c2ccnn2C)c(C#N)cc1[N+](=O)[O-]. The quantitative estimate of drug-likeness (QED) is 0.596. The van der Waals surface area contributed by atoms with E-state index in [1.54, 1.807) is 37.0 Å². The molecule has 0 saturated heterocycles. The van der Waals surface area contributed by atoms with E-state index in [9.17, 15) is 10.1 Å². The second-order valence-electron chi connectivity index (χ2n) is 3.89. The van der Waals surface area contributed by atoms with Crippen molar-refractivity contribution in [2.75, 3.05) is 0 Å². The highest BCUT2D eigenvalue weighted by Crippen LogP contribution is 2.29. The number of aromatic nitrogens is 2. The number of rotatable bonds is 2. The number of hydrogen-bond acceptors (Lipinski definition) is 4. The zero-order valence-corrected chi connectivity index (χ0v) is 9.91. The summed E-state index contributed by atoms with van der Waals surface area (Å²) in [6.45, 7) is 1.65. The number of hydrogen-bond donors (Lipinski definition) is 0. The molecule has 0 aliphatic rings. The molecule has 0 unspecified atom stereocenters. The van der Waals surface area contributed by atoms with Crippen LogP contribution in [0.25, 0.3) is 11.3 Å². The van der Waals surface area contributed by atoms with Gasteiger partial charge in [0.2, 0.25) is 0 Å². The highest BCUT2D eigenvalue weighted by Gasteiger charge is 2.17. The molecular formula is C12H10N4O2. The molecule has 1 aromatic heterocycles. The van der Waals surface area contributed by atoms with Crippen LogP contribution >= 0.6 is 0 Å². The maximum Gasteiger partial charge on any atom is 0.273 e. The van der Waals surface area contributed by atoms with Gasteiger partial charge in [0.1, 0.15) is 6.07 Å². The number of aryl methyl sites for hydroxylation is 2. The zero-order chi connectivity index (χ0) is 13.3. The second-order valence-corrected chi connectivity index (χ2v) is 3.89. The molecule has 90 valence electrons. The zero-order valence-electron chi connectivity index (χ0n) is 9.91. The molecule has 1 aromatic carbocycles. The number of nitrogens with zero attached hydrogens (tertiary/aromatic N) is 4. The minimum Gasteiger partial charge on any atom is -0.268 e. The van der Waals surface area contributed by atoms with Gasteiger partial charge in [-0.2, -0.15) is 10.4 Å². The van der Waals surface area contributed by atoms with Crippen molar-refractivity contribution >= 4 is 5.69 Å². The van der Waals surface area contributed by atoms with Gasteiger partial charge in [-0.1, -0.05) is 0 Å². The van der Waals surface area contributed by atoms with E-state index in [0.29, 0.717) is 11.1 Å². The van der Waals surface area contributed by atoms with E-state index in [4.69, 9.17) is 5.26 Å². The van der Waals surface area contributed by atoms with E-state index in [0.717, 1.165) is 5.69 Å². The van der Waals surface area contributed by atoms with Gasteiger partial charge in [-0.05, 0) is 19.1 Å². The molecule has 1 heterocycles. The van der Waals surface area contributed by atoms with Crippen LogP contribution in [0.4, 0.5) is 5.69 Å². The Kier molecular flexibility index (Phi) is 2.81. The molecule has 0 radical (unpaired) electrons. The Labute approximate surface area is 103 Å². The van der Waals surface area contributed by atoms with E-state index in [-0.39, 0.29) is 11.3 Å². The molecule has 0 aliphatic carbocycles. The maximum absolute atomic E-state index is 10.8. The number of benzene rings is 1. The van der Waals surface area contributed by atoms with Crippen molar-refractivity contribution in [1.82, 2.24) is 9.78 Å².